The minimum Gasteiger partial charge on any atom is -0.481 e. The highest BCUT2D eigenvalue weighted by atomic mass is 79.9. The minimum atomic E-state index is -3.42. The number of carboxylic acid groups (broad SMARTS) is 1. The van der Waals surface area contributed by atoms with Crippen molar-refractivity contribution in [3.05, 3.63) is 28.2 Å². The SMILES string of the molecule is CS(=O)(=O)c1ccc(Br)cc1C(N)CC(=O)O. The molecule has 0 spiro atoms. The standard InChI is InChI=1S/C10H12BrNO4S/c1-17(15,16)9-3-2-6(11)4-7(9)8(12)5-10(13)14/h2-4,8H,5,12H2,1H3,(H,13,14). The summed E-state index contributed by atoms with van der Waals surface area (Å²) in [5.74, 6) is -1.07. The second kappa shape index (κ2) is 5.16. The third kappa shape index (κ3) is 3.79. The summed E-state index contributed by atoms with van der Waals surface area (Å²) in [6, 6.07) is 3.67. The summed E-state index contributed by atoms with van der Waals surface area (Å²) in [7, 11) is -3.42. The quantitative estimate of drug-likeness (QED) is 0.871. The van der Waals surface area contributed by atoms with Gasteiger partial charge in [0, 0.05) is 16.8 Å². The summed E-state index contributed by atoms with van der Waals surface area (Å²) in [5, 5.41) is 8.67. The van der Waals surface area contributed by atoms with Gasteiger partial charge in [-0.3, -0.25) is 4.79 Å². The molecule has 1 unspecified atom stereocenters. The van der Waals surface area contributed by atoms with Crippen molar-refractivity contribution < 1.29 is 18.3 Å². The molecule has 0 aliphatic heterocycles. The van der Waals surface area contributed by atoms with E-state index < -0.39 is 21.8 Å². The van der Waals surface area contributed by atoms with E-state index in [1.54, 1.807) is 6.07 Å². The number of hydrogen-bond acceptors (Lipinski definition) is 4. The maximum absolute atomic E-state index is 11.5. The molecule has 0 bridgehead atoms. The number of carboxylic acids is 1. The van der Waals surface area contributed by atoms with Gasteiger partial charge in [-0.15, -0.1) is 0 Å². The molecular weight excluding hydrogens is 310 g/mol. The highest BCUT2D eigenvalue weighted by molar-refractivity contribution is 9.10. The van der Waals surface area contributed by atoms with Gasteiger partial charge in [-0.2, -0.15) is 0 Å². The number of halogens is 1. The van der Waals surface area contributed by atoms with E-state index in [9.17, 15) is 13.2 Å². The topological polar surface area (TPSA) is 97.5 Å². The molecule has 0 aromatic heterocycles. The fraction of sp³-hybridized carbons (Fsp3) is 0.300. The lowest BCUT2D eigenvalue weighted by molar-refractivity contribution is -0.137. The smallest absolute Gasteiger partial charge is 0.305 e. The Labute approximate surface area is 108 Å². The van der Waals surface area contributed by atoms with E-state index >= 15 is 0 Å². The van der Waals surface area contributed by atoms with E-state index in [0.717, 1.165) is 6.26 Å². The van der Waals surface area contributed by atoms with Gasteiger partial charge in [-0.1, -0.05) is 15.9 Å². The fourth-order valence-corrected chi connectivity index (χ4v) is 2.78. The molecule has 1 rings (SSSR count). The fourth-order valence-electron chi connectivity index (χ4n) is 1.44. The number of benzene rings is 1. The van der Waals surface area contributed by atoms with Crippen molar-refractivity contribution in [1.29, 1.82) is 0 Å². The first-order valence-electron chi connectivity index (χ1n) is 4.68. The summed E-state index contributed by atoms with van der Waals surface area (Å²) >= 11 is 3.20. The largest absolute Gasteiger partial charge is 0.481 e. The molecule has 0 aliphatic carbocycles. The molecule has 17 heavy (non-hydrogen) atoms. The number of hydrogen-bond donors (Lipinski definition) is 2. The van der Waals surface area contributed by atoms with E-state index in [-0.39, 0.29) is 11.3 Å². The van der Waals surface area contributed by atoms with Crippen molar-refractivity contribution in [2.24, 2.45) is 5.73 Å². The predicted octanol–water partition coefficient (Wildman–Crippen LogP) is 1.33. The molecule has 0 fully saturated rings. The van der Waals surface area contributed by atoms with E-state index in [2.05, 4.69) is 15.9 Å². The Morgan fingerprint density at radius 2 is 2.12 bits per heavy atom. The van der Waals surface area contributed by atoms with Crippen LogP contribution in [0.3, 0.4) is 0 Å². The summed E-state index contributed by atoms with van der Waals surface area (Å²) in [5.41, 5.74) is 6.01. The van der Waals surface area contributed by atoms with Crippen molar-refractivity contribution >= 4 is 31.7 Å². The predicted molar refractivity (Wildman–Crippen MR) is 66.4 cm³/mol. The molecule has 94 valence electrons. The summed E-state index contributed by atoms with van der Waals surface area (Å²) < 4.78 is 23.7. The molecule has 1 atom stereocenters. The number of aliphatic carboxylic acids is 1. The van der Waals surface area contributed by atoms with Gasteiger partial charge in [-0.25, -0.2) is 8.42 Å². The van der Waals surface area contributed by atoms with Gasteiger partial charge < -0.3 is 10.8 Å². The second-order valence-corrected chi connectivity index (χ2v) is 6.56. The highest BCUT2D eigenvalue weighted by Crippen LogP contribution is 2.26. The molecule has 1 aromatic carbocycles. The Bertz CT molecular complexity index is 541. The molecular formula is C10H12BrNO4S. The van der Waals surface area contributed by atoms with Gasteiger partial charge in [-0.05, 0) is 23.8 Å². The molecule has 0 saturated carbocycles. The average molecular weight is 322 g/mol. The first-order chi connectivity index (χ1) is 7.71. The van der Waals surface area contributed by atoms with Crippen LogP contribution in [0.2, 0.25) is 0 Å². The first kappa shape index (κ1) is 14.1. The Hall–Kier alpha value is -0.920. The maximum Gasteiger partial charge on any atom is 0.305 e. The zero-order chi connectivity index (χ0) is 13.2. The molecule has 3 N–H and O–H groups in total. The number of carbonyl (C=O) groups is 1. The van der Waals surface area contributed by atoms with Crippen molar-refractivity contribution in [2.75, 3.05) is 6.26 Å². The molecule has 0 aliphatic rings. The average Bonchev–Trinajstić information content (AvgIpc) is 2.14. The molecule has 7 heteroatoms. The Morgan fingerprint density at radius 1 is 1.53 bits per heavy atom. The summed E-state index contributed by atoms with van der Waals surface area (Å²) in [6.07, 6.45) is 0.742. The van der Waals surface area contributed by atoms with Crippen molar-refractivity contribution in [2.45, 2.75) is 17.4 Å². The minimum absolute atomic E-state index is 0.0643. The number of rotatable bonds is 4. The van der Waals surface area contributed by atoms with Crippen LogP contribution in [0.25, 0.3) is 0 Å². The third-order valence-electron chi connectivity index (χ3n) is 2.17. The van der Waals surface area contributed by atoms with E-state index in [1.807, 2.05) is 0 Å². The van der Waals surface area contributed by atoms with Crippen molar-refractivity contribution in [1.82, 2.24) is 0 Å². The van der Waals surface area contributed by atoms with E-state index in [1.165, 1.54) is 12.1 Å². The Kier molecular flexibility index (Phi) is 4.29. The van der Waals surface area contributed by atoms with Crippen LogP contribution in [0.1, 0.15) is 18.0 Å². The molecule has 0 radical (unpaired) electrons. The lowest BCUT2D eigenvalue weighted by Gasteiger charge is -2.14. The van der Waals surface area contributed by atoms with Gasteiger partial charge >= 0.3 is 5.97 Å². The normalized spacial score (nSPS) is 13.4. The molecule has 1 aromatic rings. The summed E-state index contributed by atoms with van der Waals surface area (Å²) in [6.45, 7) is 0. The van der Waals surface area contributed by atoms with Gasteiger partial charge in [0.15, 0.2) is 9.84 Å². The van der Waals surface area contributed by atoms with E-state index in [0.29, 0.717) is 10.0 Å². The summed E-state index contributed by atoms with van der Waals surface area (Å²) in [4.78, 5) is 10.7. The van der Waals surface area contributed by atoms with Crippen LogP contribution in [0.4, 0.5) is 0 Å². The Balaban J connectivity index is 3.30. The molecule has 0 amide bonds. The van der Waals surface area contributed by atoms with Crippen LogP contribution in [0.5, 0.6) is 0 Å². The van der Waals surface area contributed by atoms with Gasteiger partial charge in [0.2, 0.25) is 0 Å². The molecule has 0 heterocycles. The lowest BCUT2D eigenvalue weighted by Crippen LogP contribution is -2.18. The zero-order valence-corrected chi connectivity index (χ0v) is 11.5. The second-order valence-electron chi connectivity index (χ2n) is 3.66. The first-order valence-corrected chi connectivity index (χ1v) is 7.37. The zero-order valence-electron chi connectivity index (χ0n) is 9.05. The van der Waals surface area contributed by atoms with Gasteiger partial charge in [0.05, 0.1) is 11.3 Å². The monoisotopic (exact) mass is 321 g/mol. The van der Waals surface area contributed by atoms with E-state index in [4.69, 9.17) is 10.8 Å². The third-order valence-corrected chi connectivity index (χ3v) is 3.83. The molecule has 0 saturated heterocycles. The van der Waals surface area contributed by atoms with Crippen LogP contribution in [0, 0.1) is 0 Å². The van der Waals surface area contributed by atoms with Gasteiger partial charge in [0.25, 0.3) is 0 Å². The van der Waals surface area contributed by atoms with Crippen molar-refractivity contribution in [3.8, 4) is 0 Å². The van der Waals surface area contributed by atoms with Gasteiger partial charge in [0.1, 0.15) is 0 Å². The molecule has 5 nitrogen and oxygen atoms in total. The maximum atomic E-state index is 11.5. The van der Waals surface area contributed by atoms with Crippen LogP contribution < -0.4 is 5.73 Å². The lowest BCUT2D eigenvalue weighted by atomic mass is 10.1. The number of nitrogens with two attached hydrogens (primary N) is 1. The number of sulfone groups is 1. The van der Waals surface area contributed by atoms with Crippen LogP contribution in [-0.4, -0.2) is 25.7 Å². The van der Waals surface area contributed by atoms with Crippen LogP contribution in [0.15, 0.2) is 27.6 Å². The van der Waals surface area contributed by atoms with Crippen LogP contribution >= 0.6 is 15.9 Å². The highest BCUT2D eigenvalue weighted by Gasteiger charge is 2.20. The van der Waals surface area contributed by atoms with Crippen LogP contribution in [-0.2, 0) is 14.6 Å². The Morgan fingerprint density at radius 3 is 2.59 bits per heavy atom. The van der Waals surface area contributed by atoms with Crippen molar-refractivity contribution in [3.63, 3.8) is 0 Å².